The lowest BCUT2D eigenvalue weighted by Crippen LogP contribution is -1.88. The molecule has 1 heteroatoms. The Bertz CT molecular complexity index is 177. The van der Waals surface area contributed by atoms with E-state index in [-0.39, 0.29) is 0 Å². The van der Waals surface area contributed by atoms with Crippen LogP contribution in [-0.4, -0.2) is 5.75 Å². The molecule has 0 unspecified atom stereocenters. The van der Waals surface area contributed by atoms with E-state index in [0.29, 0.717) is 0 Å². The van der Waals surface area contributed by atoms with E-state index in [0.717, 1.165) is 0 Å². The summed E-state index contributed by atoms with van der Waals surface area (Å²) >= 11 is 1.99. The largest absolute Gasteiger partial charge is 0.122 e. The Morgan fingerprint density at radius 3 is 3.22 bits per heavy atom. The van der Waals surface area contributed by atoms with E-state index in [2.05, 4.69) is 12.2 Å². The van der Waals surface area contributed by atoms with Gasteiger partial charge >= 0.3 is 0 Å². The Labute approximate surface area is 60.0 Å². The molecule has 9 heavy (non-hydrogen) atoms. The Morgan fingerprint density at radius 2 is 2.33 bits per heavy atom. The highest BCUT2D eigenvalue weighted by Crippen LogP contribution is 2.37. The molecule has 2 aliphatic rings. The molecule has 0 bridgehead atoms. The number of hydrogen-bond acceptors (Lipinski definition) is 1. The van der Waals surface area contributed by atoms with Gasteiger partial charge in [0.25, 0.3) is 0 Å². The summed E-state index contributed by atoms with van der Waals surface area (Å²) in [5, 5.41) is 0. The molecule has 2 rings (SSSR count). The zero-order valence-corrected chi connectivity index (χ0v) is 6.21. The Kier molecular flexibility index (Phi) is 1.38. The van der Waals surface area contributed by atoms with Gasteiger partial charge in [-0.3, -0.25) is 0 Å². The Hall–Kier alpha value is -0.170. The molecule has 0 saturated carbocycles. The third kappa shape index (κ3) is 0.940. The van der Waals surface area contributed by atoms with E-state index < -0.39 is 0 Å². The second-order valence-electron chi connectivity index (χ2n) is 2.50. The maximum atomic E-state index is 2.38. The van der Waals surface area contributed by atoms with Crippen molar-refractivity contribution < 1.29 is 0 Å². The van der Waals surface area contributed by atoms with E-state index in [1.54, 1.807) is 10.5 Å². The lowest BCUT2D eigenvalue weighted by Gasteiger charge is -2.09. The number of thioether (sulfide) groups is 1. The van der Waals surface area contributed by atoms with E-state index in [4.69, 9.17) is 0 Å². The van der Waals surface area contributed by atoms with E-state index in [1.165, 1.54) is 25.0 Å². The van der Waals surface area contributed by atoms with Crippen LogP contribution in [0.3, 0.4) is 0 Å². The first-order valence-corrected chi connectivity index (χ1v) is 4.48. The van der Waals surface area contributed by atoms with Crippen molar-refractivity contribution in [2.75, 3.05) is 5.75 Å². The Balaban J connectivity index is 2.30. The second kappa shape index (κ2) is 2.22. The SMILES string of the molecule is C1=C2CCCC=C2SC1. The van der Waals surface area contributed by atoms with Gasteiger partial charge in [-0.25, -0.2) is 0 Å². The van der Waals surface area contributed by atoms with Gasteiger partial charge in [0.2, 0.25) is 0 Å². The number of hydrogen-bond donors (Lipinski definition) is 0. The summed E-state index contributed by atoms with van der Waals surface area (Å²) in [5.41, 5.74) is 1.62. The predicted molar refractivity (Wildman–Crippen MR) is 42.5 cm³/mol. The van der Waals surface area contributed by atoms with Crippen LogP contribution in [0.25, 0.3) is 0 Å². The minimum absolute atomic E-state index is 1.22. The van der Waals surface area contributed by atoms with Crippen LogP contribution in [-0.2, 0) is 0 Å². The van der Waals surface area contributed by atoms with E-state index >= 15 is 0 Å². The van der Waals surface area contributed by atoms with Crippen LogP contribution in [0.15, 0.2) is 22.6 Å². The molecule has 0 aromatic carbocycles. The van der Waals surface area contributed by atoms with Gasteiger partial charge in [-0.05, 0) is 24.8 Å². The van der Waals surface area contributed by atoms with Gasteiger partial charge in [0.1, 0.15) is 0 Å². The van der Waals surface area contributed by atoms with Crippen molar-refractivity contribution in [3.63, 3.8) is 0 Å². The molecule has 0 atom stereocenters. The van der Waals surface area contributed by atoms with Gasteiger partial charge < -0.3 is 0 Å². The highest BCUT2D eigenvalue weighted by molar-refractivity contribution is 8.03. The molecular weight excluding hydrogens is 128 g/mol. The van der Waals surface area contributed by atoms with Crippen LogP contribution in [0.5, 0.6) is 0 Å². The van der Waals surface area contributed by atoms with Crippen LogP contribution in [0.1, 0.15) is 19.3 Å². The molecule has 0 aromatic heterocycles. The van der Waals surface area contributed by atoms with Gasteiger partial charge in [0.05, 0.1) is 0 Å². The average Bonchev–Trinajstić information content (AvgIpc) is 2.33. The smallest absolute Gasteiger partial charge is 0.0166 e. The monoisotopic (exact) mass is 138 g/mol. The van der Waals surface area contributed by atoms with Crippen molar-refractivity contribution in [1.82, 2.24) is 0 Å². The number of allylic oxidation sites excluding steroid dienone is 2. The van der Waals surface area contributed by atoms with Gasteiger partial charge in [-0.1, -0.05) is 12.2 Å². The maximum absolute atomic E-state index is 2.38. The molecule has 0 fully saturated rings. The van der Waals surface area contributed by atoms with Gasteiger partial charge in [-0.2, -0.15) is 0 Å². The van der Waals surface area contributed by atoms with Crippen LogP contribution in [0, 0.1) is 0 Å². The fraction of sp³-hybridized carbons (Fsp3) is 0.500. The quantitative estimate of drug-likeness (QED) is 0.496. The lowest BCUT2D eigenvalue weighted by molar-refractivity contribution is 0.818. The zero-order valence-electron chi connectivity index (χ0n) is 5.39. The molecule has 1 aliphatic heterocycles. The summed E-state index contributed by atoms with van der Waals surface area (Å²) in [6.07, 6.45) is 8.76. The summed E-state index contributed by atoms with van der Waals surface area (Å²) in [7, 11) is 0. The van der Waals surface area contributed by atoms with Gasteiger partial charge in [-0.15, -0.1) is 11.8 Å². The fourth-order valence-corrected chi connectivity index (χ4v) is 2.44. The van der Waals surface area contributed by atoms with Gasteiger partial charge in [0, 0.05) is 10.7 Å². The molecule has 1 heterocycles. The molecule has 0 spiro atoms. The lowest BCUT2D eigenvalue weighted by atomic mass is 10.0. The molecular formula is C8H10S. The highest BCUT2D eigenvalue weighted by Gasteiger charge is 2.13. The van der Waals surface area contributed by atoms with Crippen LogP contribution >= 0.6 is 11.8 Å². The summed E-state index contributed by atoms with van der Waals surface area (Å²) in [5.74, 6) is 1.22. The summed E-state index contributed by atoms with van der Waals surface area (Å²) in [6, 6.07) is 0. The highest BCUT2D eigenvalue weighted by atomic mass is 32.2. The molecule has 0 aromatic rings. The zero-order chi connectivity index (χ0) is 6.10. The van der Waals surface area contributed by atoms with Gasteiger partial charge in [0.15, 0.2) is 0 Å². The van der Waals surface area contributed by atoms with E-state index in [9.17, 15) is 0 Å². The molecule has 0 amide bonds. The van der Waals surface area contributed by atoms with Crippen molar-refractivity contribution in [1.29, 1.82) is 0 Å². The third-order valence-corrected chi connectivity index (χ3v) is 2.94. The van der Waals surface area contributed by atoms with Crippen molar-refractivity contribution in [3.05, 3.63) is 22.6 Å². The van der Waals surface area contributed by atoms with Crippen molar-refractivity contribution in [2.45, 2.75) is 19.3 Å². The minimum atomic E-state index is 1.22. The van der Waals surface area contributed by atoms with Crippen LogP contribution < -0.4 is 0 Å². The molecule has 0 N–H and O–H groups in total. The fourth-order valence-electron chi connectivity index (χ4n) is 1.37. The van der Waals surface area contributed by atoms with Crippen molar-refractivity contribution >= 4 is 11.8 Å². The molecule has 1 aliphatic carbocycles. The third-order valence-electron chi connectivity index (χ3n) is 1.87. The molecule has 48 valence electrons. The predicted octanol–water partition coefficient (Wildman–Crippen LogP) is 2.73. The summed E-state index contributed by atoms with van der Waals surface area (Å²) in [4.78, 5) is 1.57. The minimum Gasteiger partial charge on any atom is -0.122 e. The first kappa shape index (κ1) is 5.60. The summed E-state index contributed by atoms with van der Waals surface area (Å²) < 4.78 is 0. The maximum Gasteiger partial charge on any atom is 0.0166 e. The topological polar surface area (TPSA) is 0 Å². The molecule has 0 saturated heterocycles. The first-order valence-electron chi connectivity index (χ1n) is 3.49. The van der Waals surface area contributed by atoms with Crippen LogP contribution in [0.4, 0.5) is 0 Å². The van der Waals surface area contributed by atoms with Crippen LogP contribution in [0.2, 0.25) is 0 Å². The summed E-state index contributed by atoms with van der Waals surface area (Å²) in [6.45, 7) is 0. The molecule has 0 radical (unpaired) electrons. The molecule has 0 nitrogen and oxygen atoms in total. The second-order valence-corrected chi connectivity index (χ2v) is 3.56. The van der Waals surface area contributed by atoms with Crippen molar-refractivity contribution in [3.8, 4) is 0 Å². The first-order chi connectivity index (χ1) is 4.47. The van der Waals surface area contributed by atoms with E-state index in [1.807, 2.05) is 11.8 Å². The standard InChI is InChI=1S/C8H10S/c1-2-4-8-7(3-1)5-6-9-8/h4-5H,1-3,6H2. The van der Waals surface area contributed by atoms with Crippen molar-refractivity contribution in [2.24, 2.45) is 0 Å². The normalized spacial score (nSPS) is 24.9. The average molecular weight is 138 g/mol. The number of fused-ring (bicyclic) bond motifs is 1. The number of rotatable bonds is 0. The Morgan fingerprint density at radius 1 is 1.33 bits per heavy atom.